The molecule has 17 heavy (non-hydrogen) atoms. The number of aliphatic hydroxyl groups is 1. The van der Waals surface area contributed by atoms with Crippen LogP contribution < -0.4 is 0 Å². The fourth-order valence-electron chi connectivity index (χ4n) is 1.81. The Labute approximate surface area is 101 Å². The molecular weight excluding hydrogens is 250 g/mol. The van der Waals surface area contributed by atoms with E-state index in [0.717, 1.165) is 0 Å². The first-order valence-electron chi connectivity index (χ1n) is 5.36. The van der Waals surface area contributed by atoms with E-state index in [-0.39, 0.29) is 12.6 Å². The Balaban J connectivity index is 2.58. The fraction of sp³-hybridized carbons (Fsp3) is 1.00. The minimum absolute atomic E-state index is 0.283. The molecule has 0 saturated carbocycles. The highest BCUT2D eigenvalue weighted by molar-refractivity contribution is 7.32. The standard InChI is InChI=1S/C8H18BO7P/c1-13-2-3-14-7-6(16-17(11)12)5(4-10)15-8(7)9/h5-8,10,17H,2-4,9H2,1H3,(H,11,12)/t5-,6?,7+,8-/m1/s1. The Bertz CT molecular complexity index is 254. The van der Waals surface area contributed by atoms with Gasteiger partial charge >= 0.3 is 8.25 Å². The second-order valence-corrected chi connectivity index (χ2v) is 4.51. The van der Waals surface area contributed by atoms with Gasteiger partial charge in [0, 0.05) is 7.11 Å². The molecule has 5 atom stereocenters. The Morgan fingerprint density at radius 1 is 1.41 bits per heavy atom. The van der Waals surface area contributed by atoms with Crippen molar-refractivity contribution in [2.75, 3.05) is 26.9 Å². The van der Waals surface area contributed by atoms with Gasteiger partial charge in [0.05, 0.1) is 25.8 Å². The summed E-state index contributed by atoms with van der Waals surface area (Å²) in [6, 6.07) is -0.310. The molecule has 9 heteroatoms. The number of rotatable bonds is 7. The van der Waals surface area contributed by atoms with E-state index in [4.69, 9.17) is 28.7 Å². The van der Waals surface area contributed by atoms with Gasteiger partial charge < -0.3 is 28.7 Å². The second-order valence-electron chi connectivity index (χ2n) is 3.74. The molecule has 100 valence electrons. The second kappa shape index (κ2) is 7.48. The molecular formula is C8H18BO7P. The van der Waals surface area contributed by atoms with Crippen LogP contribution in [0, 0.1) is 0 Å². The van der Waals surface area contributed by atoms with E-state index >= 15 is 0 Å². The molecule has 0 aromatic heterocycles. The first-order chi connectivity index (χ1) is 8.10. The van der Waals surface area contributed by atoms with Crippen molar-refractivity contribution in [3.8, 4) is 0 Å². The van der Waals surface area contributed by atoms with Gasteiger partial charge in [0.15, 0.2) is 0 Å². The van der Waals surface area contributed by atoms with Crippen LogP contribution in [0.5, 0.6) is 0 Å². The molecule has 2 unspecified atom stereocenters. The molecule has 0 aromatic rings. The van der Waals surface area contributed by atoms with Crippen LogP contribution in [0.2, 0.25) is 0 Å². The van der Waals surface area contributed by atoms with Gasteiger partial charge in [0.2, 0.25) is 0 Å². The summed E-state index contributed by atoms with van der Waals surface area (Å²) in [6.45, 7) is 0.460. The largest absolute Gasteiger partial charge is 0.394 e. The Kier molecular flexibility index (Phi) is 6.65. The highest BCUT2D eigenvalue weighted by atomic mass is 31.1. The quantitative estimate of drug-likeness (QED) is 0.317. The van der Waals surface area contributed by atoms with Crippen molar-refractivity contribution in [2.45, 2.75) is 24.3 Å². The lowest BCUT2D eigenvalue weighted by Crippen LogP contribution is -2.38. The summed E-state index contributed by atoms with van der Waals surface area (Å²) in [5.74, 6) is 0. The van der Waals surface area contributed by atoms with Gasteiger partial charge in [-0.15, -0.1) is 0 Å². The highest BCUT2D eigenvalue weighted by Crippen LogP contribution is 2.31. The average Bonchev–Trinajstić information content (AvgIpc) is 2.56. The van der Waals surface area contributed by atoms with Gasteiger partial charge in [-0.1, -0.05) is 0 Å². The zero-order chi connectivity index (χ0) is 12.8. The maximum atomic E-state index is 10.7. The Hall–Kier alpha value is 0.0549. The van der Waals surface area contributed by atoms with Crippen LogP contribution in [0.1, 0.15) is 0 Å². The average molecular weight is 268 g/mol. The minimum Gasteiger partial charge on any atom is -0.394 e. The molecule has 1 aliphatic heterocycles. The van der Waals surface area contributed by atoms with Crippen LogP contribution in [0.3, 0.4) is 0 Å². The van der Waals surface area contributed by atoms with E-state index in [1.807, 2.05) is 0 Å². The molecule has 1 saturated heterocycles. The number of hydrogen-bond donors (Lipinski definition) is 2. The molecule has 0 spiro atoms. The van der Waals surface area contributed by atoms with Gasteiger partial charge in [0.25, 0.3) is 0 Å². The first-order valence-corrected chi connectivity index (χ1v) is 6.63. The number of methoxy groups -OCH3 is 1. The van der Waals surface area contributed by atoms with Gasteiger partial charge in [-0.05, 0) is 0 Å². The summed E-state index contributed by atoms with van der Waals surface area (Å²) >= 11 is 0. The van der Waals surface area contributed by atoms with Crippen LogP contribution in [0.15, 0.2) is 0 Å². The third-order valence-electron chi connectivity index (χ3n) is 2.56. The van der Waals surface area contributed by atoms with E-state index in [2.05, 4.69) is 0 Å². The predicted octanol–water partition coefficient (Wildman–Crippen LogP) is -1.86. The Morgan fingerprint density at radius 2 is 2.12 bits per heavy atom. The molecule has 0 amide bonds. The maximum absolute atomic E-state index is 10.7. The van der Waals surface area contributed by atoms with Crippen molar-refractivity contribution >= 4 is 16.1 Å². The fourth-order valence-corrected chi connectivity index (χ4v) is 2.33. The molecule has 2 N–H and O–H groups in total. The molecule has 0 radical (unpaired) electrons. The van der Waals surface area contributed by atoms with E-state index in [0.29, 0.717) is 13.2 Å². The third-order valence-corrected chi connectivity index (χ3v) is 3.03. The normalized spacial score (nSPS) is 35.0. The lowest BCUT2D eigenvalue weighted by molar-refractivity contribution is -0.0324. The summed E-state index contributed by atoms with van der Waals surface area (Å²) in [6.07, 6.45) is -1.86. The predicted molar refractivity (Wildman–Crippen MR) is 62.0 cm³/mol. The zero-order valence-electron chi connectivity index (χ0n) is 9.87. The molecule has 1 rings (SSSR count). The summed E-state index contributed by atoms with van der Waals surface area (Å²) in [5.41, 5.74) is 0. The van der Waals surface area contributed by atoms with Crippen molar-refractivity contribution in [3.63, 3.8) is 0 Å². The van der Waals surface area contributed by atoms with Gasteiger partial charge in [-0.25, -0.2) is 0 Å². The van der Waals surface area contributed by atoms with Gasteiger partial charge in [0.1, 0.15) is 26.2 Å². The van der Waals surface area contributed by atoms with Crippen LogP contribution >= 0.6 is 8.25 Å². The van der Waals surface area contributed by atoms with Crippen LogP contribution in [0.25, 0.3) is 0 Å². The molecule has 1 heterocycles. The Morgan fingerprint density at radius 3 is 2.65 bits per heavy atom. The van der Waals surface area contributed by atoms with Gasteiger partial charge in [-0.3, -0.25) is 4.57 Å². The van der Waals surface area contributed by atoms with E-state index < -0.39 is 26.6 Å². The molecule has 0 bridgehead atoms. The van der Waals surface area contributed by atoms with Crippen molar-refractivity contribution in [2.24, 2.45) is 0 Å². The molecule has 1 fully saturated rings. The van der Waals surface area contributed by atoms with Crippen LogP contribution in [0.4, 0.5) is 0 Å². The number of hydrogen-bond acceptors (Lipinski definition) is 6. The summed E-state index contributed by atoms with van der Waals surface area (Å²) < 4.78 is 31.3. The SMILES string of the molecule is B[C@@H]1O[C@H](CO)C(O[PH](=O)O)[C@@H]1OCCOC. The molecule has 1 aliphatic rings. The zero-order valence-corrected chi connectivity index (χ0v) is 10.9. The monoisotopic (exact) mass is 268 g/mol. The van der Waals surface area contributed by atoms with E-state index in [9.17, 15) is 4.57 Å². The third kappa shape index (κ3) is 4.33. The van der Waals surface area contributed by atoms with Crippen molar-refractivity contribution < 1.29 is 33.3 Å². The number of ether oxygens (including phenoxy) is 3. The summed E-state index contributed by atoms with van der Waals surface area (Å²) in [7, 11) is 0.215. The first kappa shape index (κ1) is 15.1. The van der Waals surface area contributed by atoms with Gasteiger partial charge in [-0.2, -0.15) is 0 Å². The van der Waals surface area contributed by atoms with Crippen molar-refractivity contribution in [1.82, 2.24) is 0 Å². The van der Waals surface area contributed by atoms with Crippen molar-refractivity contribution in [3.05, 3.63) is 0 Å². The van der Waals surface area contributed by atoms with Crippen LogP contribution in [-0.4, -0.2) is 69.1 Å². The lowest BCUT2D eigenvalue weighted by Gasteiger charge is -2.22. The summed E-state index contributed by atoms with van der Waals surface area (Å²) in [4.78, 5) is 8.81. The lowest BCUT2D eigenvalue weighted by atomic mass is 9.93. The highest BCUT2D eigenvalue weighted by Gasteiger charge is 2.44. The molecule has 0 aliphatic carbocycles. The smallest absolute Gasteiger partial charge is 0.317 e. The number of aliphatic hydroxyl groups excluding tert-OH is 1. The summed E-state index contributed by atoms with van der Waals surface area (Å²) in [5, 5.41) is 9.10. The molecule has 0 aromatic carbocycles. The van der Waals surface area contributed by atoms with E-state index in [1.54, 1.807) is 15.0 Å². The minimum atomic E-state index is -3.10. The van der Waals surface area contributed by atoms with Crippen LogP contribution in [-0.2, 0) is 23.3 Å². The maximum Gasteiger partial charge on any atom is 0.317 e. The topological polar surface area (TPSA) is 94.5 Å². The van der Waals surface area contributed by atoms with Crippen molar-refractivity contribution in [1.29, 1.82) is 0 Å². The molecule has 7 nitrogen and oxygen atoms in total. The van der Waals surface area contributed by atoms with E-state index in [1.165, 1.54) is 0 Å².